The largest absolute Gasteiger partial charge is 0.481 e. The molecule has 1 atom stereocenters. The van der Waals surface area contributed by atoms with Crippen LogP contribution < -0.4 is 0 Å². The van der Waals surface area contributed by atoms with Crippen LogP contribution in [-0.2, 0) is 10.2 Å². The summed E-state index contributed by atoms with van der Waals surface area (Å²) in [5.74, 6) is -1.63. The van der Waals surface area contributed by atoms with E-state index in [1.54, 1.807) is 31.3 Å². The van der Waals surface area contributed by atoms with Crippen LogP contribution in [0.4, 0.5) is 8.78 Å². The van der Waals surface area contributed by atoms with Crippen LogP contribution in [0.1, 0.15) is 49.7 Å². The fourth-order valence-electron chi connectivity index (χ4n) is 4.31. The summed E-state index contributed by atoms with van der Waals surface area (Å²) in [6.07, 6.45) is -0.786. The highest BCUT2D eigenvalue weighted by Crippen LogP contribution is 2.44. The van der Waals surface area contributed by atoms with Crippen LogP contribution in [0.25, 0.3) is 27.5 Å². The fraction of sp³-hybridized carbons (Fsp3) is 0.292. The highest BCUT2D eigenvalue weighted by molar-refractivity contribution is 5.99. The second-order valence-electron chi connectivity index (χ2n) is 8.64. The van der Waals surface area contributed by atoms with E-state index in [4.69, 9.17) is 0 Å². The van der Waals surface area contributed by atoms with E-state index in [0.717, 1.165) is 5.39 Å². The molecule has 0 amide bonds. The maximum Gasteiger partial charge on any atom is 0.306 e. The zero-order valence-electron chi connectivity index (χ0n) is 17.9. The first-order valence-electron chi connectivity index (χ1n) is 10.2. The van der Waals surface area contributed by atoms with Gasteiger partial charge in [0.2, 0.25) is 0 Å². The zero-order valence-corrected chi connectivity index (χ0v) is 17.9. The van der Waals surface area contributed by atoms with Gasteiger partial charge in [0.25, 0.3) is 0 Å². The smallest absolute Gasteiger partial charge is 0.306 e. The molecule has 0 radical (unpaired) electrons. The Bertz CT molecular complexity index is 1390. The van der Waals surface area contributed by atoms with Crippen molar-refractivity contribution in [3.8, 4) is 11.8 Å². The number of aromatic nitrogens is 3. The lowest BCUT2D eigenvalue weighted by Crippen LogP contribution is -2.23. The van der Waals surface area contributed by atoms with Crippen LogP contribution in [0.3, 0.4) is 0 Å². The summed E-state index contributed by atoms with van der Waals surface area (Å²) in [7, 11) is 0. The quantitative estimate of drug-likeness (QED) is 0.409. The number of aromatic amines is 1. The van der Waals surface area contributed by atoms with Gasteiger partial charge in [0.05, 0.1) is 29.7 Å². The van der Waals surface area contributed by atoms with Gasteiger partial charge >= 0.3 is 5.97 Å². The standard InChI is InChI=1S/C24H22F2N4O2/c1-13-8-15(4-5-17(13)25)30-20-9-14-12-28-29-19(14)10-16(20)22(18(26)11-21(31)32)23(30)24(2,3)6-7-27/h4-5,8-10,12,18H,6,11H2,1-3H3,(H,28,29)(H,31,32)/t18-/m0/s1. The summed E-state index contributed by atoms with van der Waals surface area (Å²) in [5, 5.41) is 27.0. The molecule has 2 N–H and O–H groups in total. The van der Waals surface area contributed by atoms with Crippen LogP contribution in [0.2, 0.25) is 0 Å². The van der Waals surface area contributed by atoms with Crippen LogP contribution in [-0.4, -0.2) is 25.8 Å². The molecule has 0 aliphatic rings. The Balaban J connectivity index is 2.18. The lowest BCUT2D eigenvalue weighted by atomic mass is 9.82. The van der Waals surface area contributed by atoms with Crippen LogP contribution >= 0.6 is 0 Å². The topological polar surface area (TPSA) is 94.7 Å². The Labute approximate surface area is 183 Å². The normalized spacial score (nSPS) is 12.9. The van der Waals surface area contributed by atoms with Crippen LogP contribution in [0.5, 0.6) is 0 Å². The van der Waals surface area contributed by atoms with Crippen molar-refractivity contribution in [1.82, 2.24) is 14.8 Å². The number of aryl methyl sites for hydroxylation is 1. The van der Waals surface area contributed by atoms with E-state index in [1.807, 2.05) is 24.5 Å². The van der Waals surface area contributed by atoms with E-state index in [9.17, 15) is 19.6 Å². The van der Waals surface area contributed by atoms with Gasteiger partial charge in [0.15, 0.2) is 0 Å². The molecule has 0 unspecified atom stereocenters. The fourth-order valence-corrected chi connectivity index (χ4v) is 4.31. The van der Waals surface area contributed by atoms with Crippen molar-refractivity contribution in [1.29, 1.82) is 5.26 Å². The predicted molar refractivity (Wildman–Crippen MR) is 117 cm³/mol. The number of rotatable bonds is 6. The number of nitrogens with one attached hydrogen (secondary N) is 1. The van der Waals surface area contributed by atoms with E-state index in [2.05, 4.69) is 16.3 Å². The van der Waals surface area contributed by atoms with Gasteiger partial charge < -0.3 is 9.67 Å². The molecule has 0 saturated heterocycles. The number of carboxylic acid groups (broad SMARTS) is 1. The lowest BCUT2D eigenvalue weighted by molar-refractivity contribution is -0.138. The maximum atomic E-state index is 15.6. The number of H-pyrrole nitrogens is 1. The minimum absolute atomic E-state index is 0.0791. The second-order valence-corrected chi connectivity index (χ2v) is 8.64. The van der Waals surface area contributed by atoms with Gasteiger partial charge in [-0.2, -0.15) is 10.4 Å². The Morgan fingerprint density at radius 1 is 1.34 bits per heavy atom. The number of nitriles is 1. The number of carbonyl (C=O) groups is 1. The number of hydrogen-bond acceptors (Lipinski definition) is 3. The summed E-state index contributed by atoms with van der Waals surface area (Å²) >= 11 is 0. The molecule has 0 fully saturated rings. The van der Waals surface area contributed by atoms with E-state index in [0.29, 0.717) is 33.4 Å². The molecule has 0 saturated carbocycles. The van der Waals surface area contributed by atoms with E-state index in [-0.39, 0.29) is 17.8 Å². The second kappa shape index (κ2) is 7.75. The first kappa shape index (κ1) is 21.5. The Hall–Kier alpha value is -3.73. The SMILES string of the molecule is Cc1cc(-n2c(C(C)(C)CC#N)c([C@@H](F)CC(=O)O)c3cc4[nH]ncc4cc32)ccc1F. The van der Waals surface area contributed by atoms with Gasteiger partial charge in [0, 0.05) is 39.6 Å². The molecule has 2 aromatic heterocycles. The molecule has 4 aromatic rings. The number of aliphatic carboxylic acids is 1. The molecule has 6 nitrogen and oxygen atoms in total. The Morgan fingerprint density at radius 2 is 2.09 bits per heavy atom. The molecule has 0 aliphatic carbocycles. The molecule has 0 bridgehead atoms. The van der Waals surface area contributed by atoms with Crippen LogP contribution in [0.15, 0.2) is 36.5 Å². The molecule has 8 heteroatoms. The average molecular weight is 436 g/mol. The van der Waals surface area contributed by atoms with Gasteiger partial charge in [-0.15, -0.1) is 0 Å². The monoisotopic (exact) mass is 436 g/mol. The molecular weight excluding hydrogens is 414 g/mol. The van der Waals surface area contributed by atoms with Crippen molar-refractivity contribution in [2.75, 3.05) is 0 Å². The van der Waals surface area contributed by atoms with Gasteiger partial charge in [-0.25, -0.2) is 8.78 Å². The van der Waals surface area contributed by atoms with E-state index in [1.165, 1.54) is 6.07 Å². The highest BCUT2D eigenvalue weighted by atomic mass is 19.1. The zero-order chi connectivity index (χ0) is 23.2. The third-order valence-corrected chi connectivity index (χ3v) is 5.80. The van der Waals surface area contributed by atoms with Gasteiger partial charge in [-0.1, -0.05) is 13.8 Å². The summed E-state index contributed by atoms with van der Waals surface area (Å²) in [6, 6.07) is 10.4. The predicted octanol–water partition coefficient (Wildman–Crippen LogP) is 5.63. The van der Waals surface area contributed by atoms with Crippen LogP contribution in [0, 0.1) is 24.1 Å². The first-order valence-corrected chi connectivity index (χ1v) is 10.2. The Morgan fingerprint density at radius 3 is 2.75 bits per heavy atom. The number of carboxylic acids is 1. The minimum Gasteiger partial charge on any atom is -0.481 e. The molecule has 2 heterocycles. The molecule has 32 heavy (non-hydrogen) atoms. The summed E-state index contributed by atoms with van der Waals surface area (Å²) in [6.45, 7) is 5.28. The third kappa shape index (κ3) is 3.50. The number of halogens is 2. The molecule has 0 spiro atoms. The number of nitrogens with zero attached hydrogens (tertiary/aromatic N) is 3. The molecular formula is C24H22F2N4O2. The van der Waals surface area contributed by atoms with E-state index < -0.39 is 24.0 Å². The van der Waals surface area contributed by atoms with Gasteiger partial charge in [-0.3, -0.25) is 9.89 Å². The van der Waals surface area contributed by atoms with E-state index >= 15 is 4.39 Å². The number of hydrogen-bond donors (Lipinski definition) is 2. The summed E-state index contributed by atoms with van der Waals surface area (Å²) in [4.78, 5) is 11.4. The minimum atomic E-state index is -1.80. The van der Waals surface area contributed by atoms with Crippen molar-refractivity contribution in [3.63, 3.8) is 0 Å². The van der Waals surface area contributed by atoms with Crippen molar-refractivity contribution >= 4 is 27.8 Å². The average Bonchev–Trinajstić information content (AvgIpc) is 3.29. The third-order valence-electron chi connectivity index (χ3n) is 5.80. The van der Waals surface area contributed by atoms with Crippen molar-refractivity contribution < 1.29 is 18.7 Å². The highest BCUT2D eigenvalue weighted by Gasteiger charge is 2.35. The van der Waals surface area contributed by atoms with Crippen molar-refractivity contribution in [2.45, 2.75) is 45.2 Å². The molecule has 4 rings (SSSR count). The number of alkyl halides is 1. The number of benzene rings is 2. The molecule has 2 aromatic carbocycles. The van der Waals surface area contributed by atoms with Crippen molar-refractivity contribution in [2.24, 2.45) is 0 Å². The first-order chi connectivity index (χ1) is 15.1. The van der Waals surface area contributed by atoms with Gasteiger partial charge in [-0.05, 0) is 42.8 Å². The molecule has 0 aliphatic heterocycles. The summed E-state index contributed by atoms with van der Waals surface area (Å²) in [5.41, 5.74) is 2.23. The van der Waals surface area contributed by atoms with Crippen molar-refractivity contribution in [3.05, 3.63) is 59.2 Å². The maximum absolute atomic E-state index is 15.6. The summed E-state index contributed by atoms with van der Waals surface area (Å²) < 4.78 is 31.4. The Kier molecular flexibility index (Phi) is 5.21. The lowest BCUT2D eigenvalue weighted by Gasteiger charge is -2.27. The van der Waals surface area contributed by atoms with Gasteiger partial charge in [0.1, 0.15) is 12.0 Å². The molecule has 164 valence electrons. The number of fused-ring (bicyclic) bond motifs is 2.